The van der Waals surface area contributed by atoms with Crippen molar-refractivity contribution in [3.8, 4) is 0 Å². The minimum absolute atomic E-state index is 0.0355. The number of hydrogen-bond donors (Lipinski definition) is 5. The maximum Gasteiger partial charge on any atom is 0.408 e. The average molecular weight is 790 g/mol. The number of esters is 3. The summed E-state index contributed by atoms with van der Waals surface area (Å²) in [4.78, 5) is 54.0. The standard InChI is InChI=1S/C43H51NO13/c1-22-27(54-37(50)33(48)31(24-14-10-8-11-15-24)44-38(51)57-39(3,4)5)20-43(52)35(55-36(49)25-16-12-9-13-17-25)34-41(19-26(41)32(47)30(22)40(43,6)7)28(46)18-29-42(34,21-53-29)56-23(2)45/h8-17,19,27-29,31-35,46-48,52H,18,20-21H2,1-7H3,(H,44,51)/t27-,28-,29+,31-,32-,33+,34-,35-,41+,42-,43-/m0/s1. The van der Waals surface area contributed by atoms with E-state index in [1.54, 1.807) is 108 Å². The summed E-state index contributed by atoms with van der Waals surface area (Å²) in [6, 6.07) is 15.1. The maximum absolute atomic E-state index is 14.1. The predicted octanol–water partition coefficient (Wildman–Crippen LogP) is 3.61. The molecular formula is C43H51NO13. The molecular weight excluding hydrogens is 738 g/mol. The van der Waals surface area contributed by atoms with E-state index in [1.165, 1.54) is 6.92 Å². The van der Waals surface area contributed by atoms with Crippen LogP contribution in [0.15, 0.2) is 83.5 Å². The van der Waals surface area contributed by atoms with Crippen molar-refractivity contribution in [3.63, 3.8) is 0 Å². The number of carbonyl (C=O) groups is 4. The number of nitrogens with one attached hydrogen (secondary N) is 1. The number of rotatable bonds is 8. The van der Waals surface area contributed by atoms with E-state index in [9.17, 15) is 39.6 Å². The molecule has 2 bridgehead atoms. The van der Waals surface area contributed by atoms with E-state index in [1.807, 2.05) is 0 Å². The molecule has 0 aromatic heterocycles. The Bertz CT molecular complexity index is 2010. The highest BCUT2D eigenvalue weighted by Gasteiger charge is 2.80. The number of carbonyl (C=O) groups excluding carboxylic acids is 4. The zero-order valence-electron chi connectivity index (χ0n) is 33.1. The van der Waals surface area contributed by atoms with Crippen molar-refractivity contribution in [2.24, 2.45) is 16.7 Å². The first-order valence-electron chi connectivity index (χ1n) is 19.2. The number of aliphatic hydroxyl groups excluding tert-OH is 3. The van der Waals surface area contributed by atoms with Crippen molar-refractivity contribution < 1.29 is 63.3 Å². The molecule has 7 rings (SSSR count). The molecule has 1 aliphatic heterocycles. The molecule has 1 spiro atoms. The van der Waals surface area contributed by atoms with Crippen molar-refractivity contribution in [2.45, 2.75) is 121 Å². The van der Waals surface area contributed by atoms with Gasteiger partial charge in [0.15, 0.2) is 11.7 Å². The summed E-state index contributed by atoms with van der Waals surface area (Å²) in [6.45, 7) is 11.1. The van der Waals surface area contributed by atoms with Crippen molar-refractivity contribution in [2.75, 3.05) is 6.61 Å². The van der Waals surface area contributed by atoms with Gasteiger partial charge in [-0.05, 0) is 62.1 Å². The second kappa shape index (κ2) is 14.0. The molecule has 14 nitrogen and oxygen atoms in total. The summed E-state index contributed by atoms with van der Waals surface area (Å²) in [6.07, 6.45) is -7.87. The lowest BCUT2D eigenvalue weighted by Crippen LogP contribution is -2.79. The van der Waals surface area contributed by atoms with E-state index in [0.29, 0.717) is 16.7 Å². The molecule has 2 aromatic carbocycles. The SMILES string of the molecule is CC(=O)O[C@@]12CO[C@@H]1C[C@H](O)[C@@]13C=C1[C@H](O)C1=C(C)[C@@H](OC(=O)[C@H](O)[C@@H](NC(=O)OC(C)(C)C)c4ccccc4)C[C@](O)([C@@H](OC(=O)c4ccccc4)[C@H]23)C1(C)C. The highest BCUT2D eigenvalue weighted by molar-refractivity contribution is 5.89. The summed E-state index contributed by atoms with van der Waals surface area (Å²) >= 11 is 0. The summed E-state index contributed by atoms with van der Waals surface area (Å²) < 4.78 is 29.9. The second-order valence-corrected chi connectivity index (χ2v) is 17.5. The van der Waals surface area contributed by atoms with Gasteiger partial charge in [-0.2, -0.15) is 0 Å². The van der Waals surface area contributed by atoms with Crippen LogP contribution in [0.2, 0.25) is 0 Å². The topological polar surface area (TPSA) is 207 Å². The van der Waals surface area contributed by atoms with Crippen LogP contribution in [0.4, 0.5) is 4.79 Å². The van der Waals surface area contributed by atoms with Crippen LogP contribution in [-0.4, -0.2) is 104 Å². The van der Waals surface area contributed by atoms with Gasteiger partial charge >= 0.3 is 24.0 Å². The number of alkyl carbamates (subject to hydrolysis) is 1. The Morgan fingerprint density at radius 1 is 0.965 bits per heavy atom. The molecule has 5 N–H and O–H groups in total. The minimum Gasteiger partial charge on any atom is -0.456 e. The number of aliphatic hydroxyl groups is 4. The summed E-state index contributed by atoms with van der Waals surface area (Å²) in [5.74, 6) is -3.80. The fraction of sp³-hybridized carbons (Fsp3) is 0.535. The third-order valence-corrected chi connectivity index (χ3v) is 12.6. The normalized spacial score (nSPS) is 34.5. The molecule has 1 saturated heterocycles. The molecule has 306 valence electrons. The minimum atomic E-state index is -2.19. The van der Waals surface area contributed by atoms with Crippen molar-refractivity contribution in [1.82, 2.24) is 5.32 Å². The molecule has 2 saturated carbocycles. The predicted molar refractivity (Wildman–Crippen MR) is 201 cm³/mol. The Hall–Kier alpha value is -4.60. The van der Waals surface area contributed by atoms with E-state index in [4.69, 9.17) is 23.7 Å². The second-order valence-electron chi connectivity index (χ2n) is 17.5. The van der Waals surface area contributed by atoms with E-state index in [0.717, 1.165) is 0 Å². The molecule has 14 heteroatoms. The fourth-order valence-corrected chi connectivity index (χ4v) is 9.85. The van der Waals surface area contributed by atoms with Crippen LogP contribution in [0, 0.1) is 16.7 Å². The van der Waals surface area contributed by atoms with Gasteiger partial charge in [-0.3, -0.25) is 4.79 Å². The van der Waals surface area contributed by atoms with E-state index >= 15 is 0 Å². The monoisotopic (exact) mass is 789 g/mol. The Labute approximate surface area is 330 Å². The Balaban J connectivity index is 1.32. The van der Waals surface area contributed by atoms with Gasteiger partial charge in [-0.15, -0.1) is 0 Å². The van der Waals surface area contributed by atoms with Gasteiger partial charge in [0, 0.05) is 30.6 Å². The molecule has 2 aromatic rings. The third kappa shape index (κ3) is 6.55. The van der Waals surface area contributed by atoms with Gasteiger partial charge < -0.3 is 49.4 Å². The van der Waals surface area contributed by atoms with Crippen molar-refractivity contribution in [3.05, 3.63) is 94.6 Å². The van der Waals surface area contributed by atoms with Gasteiger partial charge in [0.25, 0.3) is 0 Å². The quantitative estimate of drug-likeness (QED) is 0.147. The molecule has 3 fully saturated rings. The number of benzene rings is 2. The Kier molecular flexibility index (Phi) is 10.0. The lowest BCUT2D eigenvalue weighted by molar-refractivity contribution is -0.337. The Morgan fingerprint density at radius 2 is 1.60 bits per heavy atom. The summed E-state index contributed by atoms with van der Waals surface area (Å²) in [7, 11) is 0. The third-order valence-electron chi connectivity index (χ3n) is 12.6. The van der Waals surface area contributed by atoms with Crippen LogP contribution in [0.1, 0.15) is 83.3 Å². The summed E-state index contributed by atoms with van der Waals surface area (Å²) in [5.41, 5.74) is -5.82. The number of ether oxygens (including phenoxy) is 5. The van der Waals surface area contributed by atoms with Gasteiger partial charge in [0.05, 0.1) is 36.3 Å². The van der Waals surface area contributed by atoms with Crippen LogP contribution in [-0.2, 0) is 33.3 Å². The molecule has 1 amide bonds. The highest BCUT2D eigenvalue weighted by Crippen LogP contribution is 2.71. The van der Waals surface area contributed by atoms with E-state index in [-0.39, 0.29) is 24.2 Å². The van der Waals surface area contributed by atoms with Crippen LogP contribution in [0.5, 0.6) is 0 Å². The van der Waals surface area contributed by atoms with Crippen molar-refractivity contribution in [1.29, 1.82) is 0 Å². The summed E-state index contributed by atoms with van der Waals surface area (Å²) in [5, 5.41) is 51.8. The lowest BCUT2D eigenvalue weighted by Gasteiger charge is -2.65. The van der Waals surface area contributed by atoms with Gasteiger partial charge in [0.2, 0.25) is 0 Å². The number of hydrogen-bond acceptors (Lipinski definition) is 13. The van der Waals surface area contributed by atoms with E-state index < -0.39 is 107 Å². The lowest BCUT2D eigenvalue weighted by atomic mass is 9.48. The molecule has 1 heterocycles. The molecule has 0 unspecified atom stereocenters. The average Bonchev–Trinajstić information content (AvgIpc) is 3.88. The van der Waals surface area contributed by atoms with Gasteiger partial charge in [0.1, 0.15) is 29.5 Å². The number of amides is 1. The van der Waals surface area contributed by atoms with E-state index in [2.05, 4.69) is 5.32 Å². The number of fused-ring (bicyclic) bond motifs is 4. The molecule has 11 atom stereocenters. The first kappa shape index (κ1) is 40.6. The van der Waals surface area contributed by atoms with Crippen LogP contribution >= 0.6 is 0 Å². The largest absolute Gasteiger partial charge is 0.456 e. The van der Waals surface area contributed by atoms with Crippen LogP contribution in [0.25, 0.3) is 0 Å². The van der Waals surface area contributed by atoms with Crippen molar-refractivity contribution >= 4 is 24.0 Å². The zero-order valence-corrected chi connectivity index (χ0v) is 33.1. The first-order chi connectivity index (χ1) is 26.7. The van der Waals surface area contributed by atoms with Gasteiger partial charge in [-0.1, -0.05) is 68.5 Å². The van der Waals surface area contributed by atoms with Gasteiger partial charge in [-0.25, -0.2) is 14.4 Å². The molecule has 0 radical (unpaired) electrons. The molecule has 5 aliphatic rings. The maximum atomic E-state index is 14.1. The van der Waals surface area contributed by atoms with Crippen LogP contribution < -0.4 is 5.32 Å². The Morgan fingerprint density at radius 3 is 2.18 bits per heavy atom. The van der Waals surface area contributed by atoms with Crippen LogP contribution in [0.3, 0.4) is 0 Å². The first-order valence-corrected chi connectivity index (χ1v) is 19.2. The smallest absolute Gasteiger partial charge is 0.408 e. The molecule has 4 aliphatic carbocycles. The highest BCUT2D eigenvalue weighted by atomic mass is 16.6. The fourth-order valence-electron chi connectivity index (χ4n) is 9.85. The molecule has 57 heavy (non-hydrogen) atoms. The zero-order chi connectivity index (χ0) is 41.5.